The molecule has 0 fully saturated rings. The largest absolute Gasteiger partial charge is 0.262 e. The van der Waals surface area contributed by atoms with Crippen molar-refractivity contribution < 1.29 is 0 Å². The molecule has 27 heavy (non-hydrogen) atoms. The normalized spacial score (nSPS) is 14.1. The summed E-state index contributed by atoms with van der Waals surface area (Å²) in [5.41, 5.74) is 2.62. The second-order valence-corrected chi connectivity index (χ2v) is 13.0. The van der Waals surface area contributed by atoms with Crippen LogP contribution in [0.2, 0.25) is 0 Å². The fourth-order valence-corrected chi connectivity index (χ4v) is 7.41. The van der Waals surface area contributed by atoms with Crippen molar-refractivity contribution in [3.63, 3.8) is 0 Å². The van der Waals surface area contributed by atoms with Gasteiger partial charge >= 0.3 is 0 Å². The van der Waals surface area contributed by atoms with Gasteiger partial charge in [-0.2, -0.15) is 0 Å². The molecular formula is C24H28NPS. The molecular weight excluding hydrogens is 365 g/mol. The summed E-state index contributed by atoms with van der Waals surface area (Å²) in [7, 11) is 0. The van der Waals surface area contributed by atoms with Gasteiger partial charge in [-0.25, -0.2) is 0 Å². The molecule has 0 aliphatic carbocycles. The SMILES string of the molecule is CC(C)(C)[P@](=S)(c1ccccc1)N(Cc1ccccc1)Cc1ccccc1. The summed E-state index contributed by atoms with van der Waals surface area (Å²) in [6.07, 6.45) is -2.03. The molecule has 0 saturated carbocycles. The Hall–Kier alpha value is -1.73. The van der Waals surface area contributed by atoms with Crippen LogP contribution in [-0.2, 0) is 24.9 Å². The lowest BCUT2D eigenvalue weighted by Gasteiger charge is -2.44. The Labute approximate surface area is 169 Å². The first-order chi connectivity index (χ1) is 12.9. The van der Waals surface area contributed by atoms with Gasteiger partial charge in [-0.15, -0.1) is 0 Å². The van der Waals surface area contributed by atoms with Gasteiger partial charge in [0.2, 0.25) is 0 Å². The Balaban J connectivity index is 2.09. The standard InChI is InChI=1S/C24H28NPS/c1-24(2,3)26(27,23-17-11-6-12-18-23)25(19-21-13-7-4-8-14-21)20-22-15-9-5-10-16-22/h4-18H,19-20H2,1-3H3/t26-/m1/s1. The smallest absolute Gasteiger partial charge is 0.0486 e. The Morgan fingerprint density at radius 2 is 1.04 bits per heavy atom. The van der Waals surface area contributed by atoms with Gasteiger partial charge < -0.3 is 0 Å². The summed E-state index contributed by atoms with van der Waals surface area (Å²) in [6.45, 7) is 8.61. The third-order valence-electron chi connectivity index (χ3n) is 4.83. The van der Waals surface area contributed by atoms with Crippen LogP contribution in [0.5, 0.6) is 0 Å². The van der Waals surface area contributed by atoms with Crippen LogP contribution < -0.4 is 5.30 Å². The van der Waals surface area contributed by atoms with Crippen molar-refractivity contribution in [3.8, 4) is 0 Å². The van der Waals surface area contributed by atoms with E-state index in [4.69, 9.17) is 11.8 Å². The Morgan fingerprint density at radius 1 is 0.667 bits per heavy atom. The molecule has 0 aliphatic heterocycles. The first kappa shape index (κ1) is 20.0. The monoisotopic (exact) mass is 393 g/mol. The van der Waals surface area contributed by atoms with E-state index in [0.717, 1.165) is 13.1 Å². The molecule has 1 atom stereocenters. The van der Waals surface area contributed by atoms with Gasteiger partial charge in [-0.3, -0.25) is 4.67 Å². The zero-order valence-electron chi connectivity index (χ0n) is 16.4. The van der Waals surface area contributed by atoms with Gasteiger partial charge in [0.05, 0.1) is 0 Å². The minimum absolute atomic E-state index is 0.00670. The van der Waals surface area contributed by atoms with Crippen molar-refractivity contribution in [1.29, 1.82) is 0 Å². The number of benzene rings is 3. The van der Waals surface area contributed by atoms with Crippen LogP contribution in [0.15, 0.2) is 91.0 Å². The van der Waals surface area contributed by atoms with Crippen LogP contribution in [0, 0.1) is 0 Å². The van der Waals surface area contributed by atoms with Gasteiger partial charge in [0.15, 0.2) is 0 Å². The van der Waals surface area contributed by atoms with Crippen LogP contribution >= 0.6 is 6.19 Å². The molecule has 0 aromatic heterocycles. The van der Waals surface area contributed by atoms with Crippen LogP contribution in [0.4, 0.5) is 0 Å². The molecule has 0 amide bonds. The predicted molar refractivity (Wildman–Crippen MR) is 122 cm³/mol. The maximum atomic E-state index is 6.56. The van der Waals surface area contributed by atoms with Crippen LogP contribution in [0.1, 0.15) is 31.9 Å². The number of rotatable bonds is 6. The second kappa shape index (κ2) is 8.52. The lowest BCUT2D eigenvalue weighted by Crippen LogP contribution is -2.35. The highest BCUT2D eigenvalue weighted by molar-refractivity contribution is 8.17. The summed E-state index contributed by atoms with van der Waals surface area (Å²) in [4.78, 5) is 0. The average molecular weight is 394 g/mol. The van der Waals surface area contributed by atoms with E-state index in [1.165, 1.54) is 16.4 Å². The first-order valence-electron chi connectivity index (χ1n) is 9.40. The minimum atomic E-state index is -2.03. The molecule has 0 bridgehead atoms. The van der Waals surface area contributed by atoms with Crippen molar-refractivity contribution in [1.82, 2.24) is 4.67 Å². The van der Waals surface area contributed by atoms with Gasteiger partial charge in [0, 0.05) is 24.4 Å². The van der Waals surface area contributed by atoms with E-state index in [2.05, 4.69) is 116 Å². The van der Waals surface area contributed by atoms with E-state index in [9.17, 15) is 0 Å². The van der Waals surface area contributed by atoms with Crippen LogP contribution in [0.25, 0.3) is 0 Å². The van der Waals surface area contributed by atoms with Gasteiger partial charge in [0.1, 0.15) is 0 Å². The molecule has 3 aromatic rings. The van der Waals surface area contributed by atoms with Gasteiger partial charge in [0.25, 0.3) is 0 Å². The summed E-state index contributed by atoms with van der Waals surface area (Å²) in [5.74, 6) is 0. The Bertz CT molecular complexity index is 844. The quantitative estimate of drug-likeness (QED) is 0.458. The van der Waals surface area contributed by atoms with Crippen LogP contribution in [-0.4, -0.2) is 9.83 Å². The van der Waals surface area contributed by atoms with Crippen molar-refractivity contribution in [2.75, 3.05) is 0 Å². The molecule has 3 rings (SSSR count). The summed E-state index contributed by atoms with van der Waals surface area (Å²) in [6, 6.07) is 32.1. The molecule has 140 valence electrons. The highest BCUT2D eigenvalue weighted by atomic mass is 32.4. The zero-order valence-corrected chi connectivity index (χ0v) is 18.1. The third kappa shape index (κ3) is 4.58. The zero-order chi connectivity index (χ0) is 19.3. The highest BCUT2D eigenvalue weighted by Gasteiger charge is 2.38. The Kier molecular flexibility index (Phi) is 6.32. The molecule has 0 N–H and O–H groups in total. The maximum absolute atomic E-state index is 6.56. The van der Waals surface area contributed by atoms with Crippen molar-refractivity contribution >= 4 is 23.3 Å². The number of hydrogen-bond acceptors (Lipinski definition) is 1. The van der Waals surface area contributed by atoms with E-state index in [1.54, 1.807) is 0 Å². The first-order valence-corrected chi connectivity index (χ1v) is 12.2. The molecule has 0 unspecified atom stereocenters. The lowest BCUT2D eigenvalue weighted by molar-refractivity contribution is 0.435. The van der Waals surface area contributed by atoms with Gasteiger partial charge in [-0.1, -0.05) is 124 Å². The van der Waals surface area contributed by atoms with Crippen LogP contribution in [0.3, 0.4) is 0 Å². The van der Waals surface area contributed by atoms with E-state index >= 15 is 0 Å². The van der Waals surface area contributed by atoms with E-state index in [-0.39, 0.29) is 5.16 Å². The molecule has 3 aromatic carbocycles. The highest BCUT2D eigenvalue weighted by Crippen LogP contribution is 2.60. The minimum Gasteiger partial charge on any atom is -0.262 e. The maximum Gasteiger partial charge on any atom is 0.0486 e. The third-order valence-corrected chi connectivity index (χ3v) is 11.7. The van der Waals surface area contributed by atoms with E-state index in [1.807, 2.05) is 0 Å². The molecule has 0 radical (unpaired) electrons. The fourth-order valence-electron chi connectivity index (χ4n) is 3.45. The van der Waals surface area contributed by atoms with E-state index < -0.39 is 6.19 Å². The summed E-state index contributed by atoms with van der Waals surface area (Å²) < 4.78 is 2.56. The predicted octanol–water partition coefficient (Wildman–Crippen LogP) is 6.21. The second-order valence-electron chi connectivity index (χ2n) is 7.88. The van der Waals surface area contributed by atoms with Gasteiger partial charge in [-0.05, 0) is 16.4 Å². The molecule has 0 aliphatic rings. The molecule has 1 nitrogen and oxygen atoms in total. The van der Waals surface area contributed by atoms with Crippen molar-refractivity contribution in [2.45, 2.75) is 39.0 Å². The molecule has 0 spiro atoms. The van der Waals surface area contributed by atoms with Crippen molar-refractivity contribution in [2.24, 2.45) is 0 Å². The lowest BCUT2D eigenvalue weighted by atomic mass is 10.2. The summed E-state index contributed by atoms with van der Waals surface area (Å²) >= 11 is 6.56. The summed E-state index contributed by atoms with van der Waals surface area (Å²) in [5, 5.41) is 1.28. The molecule has 3 heteroatoms. The van der Waals surface area contributed by atoms with E-state index in [0.29, 0.717) is 0 Å². The fraction of sp³-hybridized carbons (Fsp3) is 0.250. The number of nitrogens with zero attached hydrogens (tertiary/aromatic N) is 1. The topological polar surface area (TPSA) is 3.24 Å². The Morgan fingerprint density at radius 3 is 1.41 bits per heavy atom. The number of hydrogen-bond donors (Lipinski definition) is 0. The molecule has 0 heterocycles. The molecule has 0 saturated heterocycles. The average Bonchev–Trinajstić information content (AvgIpc) is 2.68. The van der Waals surface area contributed by atoms with Crippen molar-refractivity contribution in [3.05, 3.63) is 102 Å².